The topological polar surface area (TPSA) is 38.3 Å². The number of rotatable bonds is 7. The summed E-state index contributed by atoms with van der Waals surface area (Å²) >= 11 is 9.35. The summed E-state index contributed by atoms with van der Waals surface area (Å²) < 4.78 is 6.42. The molecule has 5 heteroatoms. The number of hydrogen-bond donors (Lipinski definition) is 1. The Balaban J connectivity index is 1.66. The fraction of sp³-hybridized carbons (Fsp3) is 0.235. The molecule has 2 rings (SSSR count). The van der Waals surface area contributed by atoms with E-state index < -0.39 is 0 Å². The number of halogens is 2. The molecule has 0 aliphatic rings. The minimum Gasteiger partial charge on any atom is -0.494 e. The number of para-hydroxylation sites is 1. The van der Waals surface area contributed by atoms with E-state index in [1.807, 2.05) is 30.3 Å². The van der Waals surface area contributed by atoms with Crippen molar-refractivity contribution in [2.24, 2.45) is 0 Å². The Morgan fingerprint density at radius 1 is 1.14 bits per heavy atom. The molecule has 0 saturated heterocycles. The van der Waals surface area contributed by atoms with E-state index in [2.05, 4.69) is 21.2 Å². The molecule has 2 aromatic rings. The van der Waals surface area contributed by atoms with E-state index in [0.29, 0.717) is 23.7 Å². The molecule has 0 aromatic heterocycles. The Kier molecular flexibility index (Phi) is 6.74. The van der Waals surface area contributed by atoms with E-state index in [9.17, 15) is 4.79 Å². The summed E-state index contributed by atoms with van der Waals surface area (Å²) in [6.07, 6.45) is 1.73. The quantitative estimate of drug-likeness (QED) is 0.705. The number of carbonyl (C=O) groups excluding carboxylic acids is 1. The normalized spacial score (nSPS) is 10.3. The van der Waals surface area contributed by atoms with Gasteiger partial charge in [-0.1, -0.05) is 45.7 Å². The summed E-state index contributed by atoms with van der Waals surface area (Å²) in [5.41, 5.74) is 0.483. The smallest absolute Gasteiger partial charge is 0.252 e. The predicted molar refractivity (Wildman–Crippen MR) is 92.7 cm³/mol. The van der Waals surface area contributed by atoms with Gasteiger partial charge >= 0.3 is 0 Å². The fourth-order valence-electron chi connectivity index (χ4n) is 1.90. The summed E-state index contributed by atoms with van der Waals surface area (Å²) in [7, 11) is 0. The number of ether oxygens (including phenoxy) is 1. The van der Waals surface area contributed by atoms with Crippen molar-refractivity contribution >= 4 is 33.4 Å². The highest BCUT2D eigenvalue weighted by molar-refractivity contribution is 9.10. The van der Waals surface area contributed by atoms with Gasteiger partial charge in [-0.2, -0.15) is 0 Å². The standard InChI is InChI=1S/C17H17BrClNO2/c18-13-8-9-16(19)15(12-13)17(21)20-10-4-5-11-22-14-6-2-1-3-7-14/h1-3,6-9,12H,4-5,10-11H2,(H,20,21). The molecule has 0 spiro atoms. The SMILES string of the molecule is O=C(NCCCCOc1ccccc1)c1cc(Br)ccc1Cl. The largest absolute Gasteiger partial charge is 0.494 e. The lowest BCUT2D eigenvalue weighted by molar-refractivity contribution is 0.0952. The molecule has 116 valence electrons. The minimum atomic E-state index is -0.157. The lowest BCUT2D eigenvalue weighted by Crippen LogP contribution is -2.25. The zero-order valence-electron chi connectivity index (χ0n) is 12.0. The number of benzene rings is 2. The van der Waals surface area contributed by atoms with Crippen LogP contribution in [0.25, 0.3) is 0 Å². The highest BCUT2D eigenvalue weighted by Gasteiger charge is 2.09. The number of nitrogens with one attached hydrogen (secondary N) is 1. The predicted octanol–water partition coefficient (Wildman–Crippen LogP) is 4.69. The van der Waals surface area contributed by atoms with Gasteiger partial charge in [0.15, 0.2) is 0 Å². The average molecular weight is 383 g/mol. The van der Waals surface area contributed by atoms with Gasteiger partial charge in [0.05, 0.1) is 17.2 Å². The molecule has 0 aliphatic heterocycles. The highest BCUT2D eigenvalue weighted by atomic mass is 79.9. The summed E-state index contributed by atoms with van der Waals surface area (Å²) in [5.74, 6) is 0.711. The Labute approximate surface area is 143 Å². The minimum absolute atomic E-state index is 0.157. The first-order valence-corrected chi connectivity index (χ1v) is 8.25. The molecule has 0 saturated carbocycles. The molecule has 0 bridgehead atoms. The fourth-order valence-corrected chi connectivity index (χ4v) is 2.47. The van der Waals surface area contributed by atoms with E-state index in [4.69, 9.17) is 16.3 Å². The number of amides is 1. The van der Waals surface area contributed by atoms with Crippen molar-refractivity contribution in [3.63, 3.8) is 0 Å². The molecule has 0 heterocycles. The third-order valence-corrected chi connectivity index (χ3v) is 3.86. The average Bonchev–Trinajstić information content (AvgIpc) is 2.54. The van der Waals surface area contributed by atoms with Crippen LogP contribution < -0.4 is 10.1 Å². The monoisotopic (exact) mass is 381 g/mol. The number of unbranched alkanes of at least 4 members (excludes halogenated alkanes) is 1. The summed E-state index contributed by atoms with van der Waals surface area (Å²) in [4.78, 5) is 12.0. The van der Waals surface area contributed by atoms with Crippen LogP contribution in [0.1, 0.15) is 23.2 Å². The van der Waals surface area contributed by atoms with Crippen molar-refractivity contribution in [1.29, 1.82) is 0 Å². The van der Waals surface area contributed by atoms with Crippen molar-refractivity contribution in [3.05, 3.63) is 63.6 Å². The van der Waals surface area contributed by atoms with E-state index in [1.165, 1.54) is 0 Å². The van der Waals surface area contributed by atoms with Gasteiger partial charge in [-0.15, -0.1) is 0 Å². The lowest BCUT2D eigenvalue weighted by atomic mass is 10.2. The van der Waals surface area contributed by atoms with Gasteiger partial charge in [-0.05, 0) is 43.2 Å². The van der Waals surface area contributed by atoms with E-state index in [0.717, 1.165) is 23.1 Å². The van der Waals surface area contributed by atoms with Gasteiger partial charge in [0.25, 0.3) is 5.91 Å². The lowest BCUT2D eigenvalue weighted by Gasteiger charge is -2.08. The molecular weight excluding hydrogens is 366 g/mol. The van der Waals surface area contributed by atoms with Crippen molar-refractivity contribution in [1.82, 2.24) is 5.32 Å². The van der Waals surface area contributed by atoms with Crippen LogP contribution in [0.3, 0.4) is 0 Å². The van der Waals surface area contributed by atoms with Crippen LogP contribution in [0.2, 0.25) is 5.02 Å². The van der Waals surface area contributed by atoms with Crippen molar-refractivity contribution in [3.8, 4) is 5.75 Å². The third kappa shape index (κ3) is 5.35. The maximum Gasteiger partial charge on any atom is 0.252 e. The zero-order valence-corrected chi connectivity index (χ0v) is 14.4. The van der Waals surface area contributed by atoms with Crippen LogP contribution in [0.15, 0.2) is 53.0 Å². The van der Waals surface area contributed by atoms with Gasteiger partial charge in [0.2, 0.25) is 0 Å². The van der Waals surface area contributed by atoms with E-state index in [-0.39, 0.29) is 5.91 Å². The molecule has 0 atom stereocenters. The molecule has 0 radical (unpaired) electrons. The van der Waals surface area contributed by atoms with Gasteiger partial charge < -0.3 is 10.1 Å². The summed E-state index contributed by atoms with van der Waals surface area (Å²) in [5, 5.41) is 3.32. The Morgan fingerprint density at radius 3 is 2.68 bits per heavy atom. The first-order chi connectivity index (χ1) is 10.7. The summed E-state index contributed by atoms with van der Waals surface area (Å²) in [6.45, 7) is 1.23. The third-order valence-electron chi connectivity index (χ3n) is 3.04. The van der Waals surface area contributed by atoms with Gasteiger partial charge in [-0.3, -0.25) is 4.79 Å². The van der Waals surface area contributed by atoms with Crippen LogP contribution in [0.5, 0.6) is 5.75 Å². The van der Waals surface area contributed by atoms with Crippen LogP contribution >= 0.6 is 27.5 Å². The first kappa shape index (κ1) is 16.8. The Bertz CT molecular complexity index is 619. The number of carbonyl (C=O) groups is 1. The molecule has 0 unspecified atom stereocenters. The van der Waals surface area contributed by atoms with Crippen molar-refractivity contribution in [2.45, 2.75) is 12.8 Å². The van der Waals surface area contributed by atoms with Crippen LogP contribution in [0.4, 0.5) is 0 Å². The molecule has 0 aliphatic carbocycles. The molecule has 22 heavy (non-hydrogen) atoms. The highest BCUT2D eigenvalue weighted by Crippen LogP contribution is 2.20. The second-order valence-corrected chi connectivity index (χ2v) is 6.07. The van der Waals surface area contributed by atoms with Gasteiger partial charge in [0, 0.05) is 11.0 Å². The maximum atomic E-state index is 12.0. The molecule has 2 aromatic carbocycles. The Morgan fingerprint density at radius 2 is 1.91 bits per heavy atom. The summed E-state index contributed by atoms with van der Waals surface area (Å²) in [6, 6.07) is 14.9. The molecule has 1 amide bonds. The molecule has 1 N–H and O–H groups in total. The van der Waals surface area contributed by atoms with Gasteiger partial charge in [0.1, 0.15) is 5.75 Å². The van der Waals surface area contributed by atoms with Crippen LogP contribution in [-0.2, 0) is 0 Å². The van der Waals surface area contributed by atoms with Gasteiger partial charge in [-0.25, -0.2) is 0 Å². The molecule has 3 nitrogen and oxygen atoms in total. The first-order valence-electron chi connectivity index (χ1n) is 7.08. The van der Waals surface area contributed by atoms with Crippen molar-refractivity contribution in [2.75, 3.05) is 13.2 Å². The Hall–Kier alpha value is -1.52. The second kappa shape index (κ2) is 8.81. The van der Waals surface area contributed by atoms with Crippen LogP contribution in [0, 0.1) is 0 Å². The number of hydrogen-bond acceptors (Lipinski definition) is 2. The molecule has 0 fully saturated rings. The molecular formula is C17H17BrClNO2. The zero-order chi connectivity index (χ0) is 15.8. The second-order valence-electron chi connectivity index (χ2n) is 4.75. The van der Waals surface area contributed by atoms with Crippen LogP contribution in [-0.4, -0.2) is 19.1 Å². The van der Waals surface area contributed by atoms with E-state index >= 15 is 0 Å². The van der Waals surface area contributed by atoms with Crippen molar-refractivity contribution < 1.29 is 9.53 Å². The maximum absolute atomic E-state index is 12.0. The van der Waals surface area contributed by atoms with E-state index in [1.54, 1.807) is 18.2 Å².